The topological polar surface area (TPSA) is 79.3 Å². The predicted molar refractivity (Wildman–Crippen MR) is 122 cm³/mol. The van der Waals surface area contributed by atoms with E-state index >= 15 is 0 Å². The summed E-state index contributed by atoms with van der Waals surface area (Å²) in [6.07, 6.45) is -2.87. The number of rotatable bonds is 7. The number of alkyl halides is 5. The van der Waals surface area contributed by atoms with E-state index in [4.69, 9.17) is 0 Å². The number of anilines is 1. The van der Waals surface area contributed by atoms with Crippen LogP contribution in [-0.2, 0) is 22.3 Å². The van der Waals surface area contributed by atoms with Crippen LogP contribution in [0.15, 0.2) is 60.8 Å². The lowest BCUT2D eigenvalue weighted by molar-refractivity contribution is -0.137. The van der Waals surface area contributed by atoms with E-state index in [0.717, 1.165) is 18.2 Å². The van der Waals surface area contributed by atoms with Crippen molar-refractivity contribution in [1.82, 2.24) is 4.98 Å². The van der Waals surface area contributed by atoms with Crippen molar-refractivity contribution >= 4 is 17.6 Å². The highest BCUT2D eigenvalue weighted by molar-refractivity contribution is 6.03. The number of aromatic carboxylic acids is 1. The van der Waals surface area contributed by atoms with Gasteiger partial charge in [0.1, 0.15) is 5.69 Å². The normalized spacial score (nSPS) is 14.8. The van der Waals surface area contributed by atoms with Gasteiger partial charge in [-0.3, -0.25) is 9.78 Å². The SMILES string of the molecule is CCC(F)(F)c1ccc(-c2ccc(NC(=O)C3(c4ccc(C(F)(F)F)cc4)CC3)cc2C(=O)O)cn1. The number of nitrogens with zero attached hydrogens (tertiary/aromatic N) is 1. The summed E-state index contributed by atoms with van der Waals surface area (Å²) in [6.45, 7) is 1.33. The van der Waals surface area contributed by atoms with Gasteiger partial charge in [-0.2, -0.15) is 22.0 Å². The Kier molecular flexibility index (Phi) is 6.32. The minimum Gasteiger partial charge on any atom is -0.478 e. The molecule has 0 spiro atoms. The molecule has 0 bridgehead atoms. The average molecular weight is 504 g/mol. The van der Waals surface area contributed by atoms with Crippen molar-refractivity contribution in [2.75, 3.05) is 5.32 Å². The first-order chi connectivity index (χ1) is 16.9. The number of carboxylic acids is 1. The number of aromatic nitrogens is 1. The summed E-state index contributed by atoms with van der Waals surface area (Å²) in [5, 5.41) is 12.4. The van der Waals surface area contributed by atoms with Crippen molar-refractivity contribution in [3.63, 3.8) is 0 Å². The highest BCUT2D eigenvalue weighted by Crippen LogP contribution is 2.49. The van der Waals surface area contributed by atoms with Crippen LogP contribution in [0.25, 0.3) is 11.1 Å². The van der Waals surface area contributed by atoms with Crippen molar-refractivity contribution in [3.8, 4) is 11.1 Å². The van der Waals surface area contributed by atoms with Gasteiger partial charge < -0.3 is 10.4 Å². The number of nitrogens with one attached hydrogen (secondary N) is 1. The smallest absolute Gasteiger partial charge is 0.416 e. The number of hydrogen-bond acceptors (Lipinski definition) is 3. The van der Waals surface area contributed by atoms with Crippen LogP contribution >= 0.6 is 0 Å². The number of carbonyl (C=O) groups excluding carboxylic acids is 1. The van der Waals surface area contributed by atoms with E-state index in [0.29, 0.717) is 24.0 Å². The van der Waals surface area contributed by atoms with E-state index in [9.17, 15) is 36.6 Å². The maximum absolute atomic E-state index is 13.9. The Morgan fingerprint density at radius 1 is 1.00 bits per heavy atom. The first-order valence-corrected chi connectivity index (χ1v) is 11.1. The molecule has 1 aliphatic carbocycles. The highest BCUT2D eigenvalue weighted by Gasteiger charge is 2.51. The number of pyridine rings is 1. The van der Waals surface area contributed by atoms with Crippen LogP contribution in [0.2, 0.25) is 0 Å². The van der Waals surface area contributed by atoms with Gasteiger partial charge in [0, 0.05) is 23.9 Å². The van der Waals surface area contributed by atoms with Gasteiger partial charge in [-0.05, 0) is 54.3 Å². The molecule has 0 unspecified atom stereocenters. The molecular formula is C26H21F5N2O3. The predicted octanol–water partition coefficient (Wildman–Crippen LogP) is 6.64. The fourth-order valence-corrected chi connectivity index (χ4v) is 4.00. The van der Waals surface area contributed by atoms with Gasteiger partial charge in [0.05, 0.1) is 16.5 Å². The lowest BCUT2D eigenvalue weighted by Crippen LogP contribution is -2.28. The second-order valence-electron chi connectivity index (χ2n) is 8.67. The third-order valence-electron chi connectivity index (χ3n) is 6.35. The van der Waals surface area contributed by atoms with E-state index in [1.165, 1.54) is 49.5 Å². The summed E-state index contributed by atoms with van der Waals surface area (Å²) in [7, 11) is 0. The molecule has 10 heteroatoms. The quantitative estimate of drug-likeness (QED) is 0.354. The summed E-state index contributed by atoms with van der Waals surface area (Å²) in [5.41, 5.74) is -1.25. The van der Waals surface area contributed by atoms with E-state index in [-0.39, 0.29) is 16.8 Å². The molecule has 1 amide bonds. The molecule has 1 saturated carbocycles. The van der Waals surface area contributed by atoms with Crippen molar-refractivity contribution < 1.29 is 36.6 Å². The largest absolute Gasteiger partial charge is 0.478 e. The minimum atomic E-state index is -4.49. The fourth-order valence-electron chi connectivity index (χ4n) is 4.00. The number of amides is 1. The summed E-state index contributed by atoms with van der Waals surface area (Å²) in [6, 6.07) is 11.1. The first kappa shape index (κ1) is 25.3. The van der Waals surface area contributed by atoms with E-state index < -0.39 is 47.1 Å². The Labute approximate surface area is 203 Å². The lowest BCUT2D eigenvalue weighted by Gasteiger charge is -2.18. The van der Waals surface area contributed by atoms with Crippen LogP contribution in [0.5, 0.6) is 0 Å². The van der Waals surface area contributed by atoms with Crippen LogP contribution in [0, 0.1) is 0 Å². The second-order valence-corrected chi connectivity index (χ2v) is 8.67. The molecular weight excluding hydrogens is 483 g/mol. The number of hydrogen-bond donors (Lipinski definition) is 2. The molecule has 2 aromatic carbocycles. The van der Waals surface area contributed by atoms with E-state index in [1.807, 2.05) is 0 Å². The van der Waals surface area contributed by atoms with Crippen LogP contribution < -0.4 is 5.32 Å². The number of halogens is 5. The summed E-state index contributed by atoms with van der Waals surface area (Å²) < 4.78 is 66.3. The Morgan fingerprint density at radius 2 is 1.67 bits per heavy atom. The molecule has 0 atom stereocenters. The number of carboxylic acid groups (broad SMARTS) is 1. The summed E-state index contributed by atoms with van der Waals surface area (Å²) in [5.74, 6) is -4.86. The molecule has 4 rings (SSSR count). The maximum Gasteiger partial charge on any atom is 0.416 e. The van der Waals surface area contributed by atoms with Gasteiger partial charge in [0.25, 0.3) is 5.92 Å². The zero-order chi connectivity index (χ0) is 26.3. The van der Waals surface area contributed by atoms with Gasteiger partial charge in [0.2, 0.25) is 5.91 Å². The molecule has 188 valence electrons. The Bertz CT molecular complexity index is 1300. The fraction of sp³-hybridized carbons (Fsp3) is 0.269. The molecule has 2 N–H and O–H groups in total. The van der Waals surface area contributed by atoms with Crippen molar-refractivity contribution in [3.05, 3.63) is 83.2 Å². The molecule has 0 radical (unpaired) electrons. The number of carbonyl (C=O) groups is 2. The molecule has 1 fully saturated rings. The molecule has 5 nitrogen and oxygen atoms in total. The standard InChI is InChI=1S/C26H21F5N2O3/c1-2-25(27,28)21-10-3-15(14-32-21)19-9-8-18(13-20(19)22(34)35)33-23(36)24(11-12-24)16-4-6-17(7-5-16)26(29,30)31/h3-10,13-14H,2,11-12H2,1H3,(H,33,36)(H,34,35). The van der Waals surface area contributed by atoms with Gasteiger partial charge in [-0.25, -0.2) is 4.79 Å². The molecule has 3 aromatic rings. The van der Waals surface area contributed by atoms with Crippen LogP contribution in [0.3, 0.4) is 0 Å². The zero-order valence-corrected chi connectivity index (χ0v) is 19.0. The molecule has 1 heterocycles. The first-order valence-electron chi connectivity index (χ1n) is 11.1. The molecule has 0 aliphatic heterocycles. The van der Waals surface area contributed by atoms with Crippen molar-refractivity contribution in [2.45, 2.75) is 43.7 Å². The van der Waals surface area contributed by atoms with Crippen molar-refractivity contribution in [1.29, 1.82) is 0 Å². The third-order valence-corrected chi connectivity index (χ3v) is 6.35. The Balaban J connectivity index is 1.57. The monoisotopic (exact) mass is 504 g/mol. The Morgan fingerprint density at radius 3 is 2.17 bits per heavy atom. The second kappa shape index (κ2) is 9.00. The Hall–Kier alpha value is -3.82. The minimum absolute atomic E-state index is 0.177. The summed E-state index contributed by atoms with van der Waals surface area (Å²) in [4.78, 5) is 28.7. The maximum atomic E-state index is 13.9. The summed E-state index contributed by atoms with van der Waals surface area (Å²) >= 11 is 0. The molecule has 0 saturated heterocycles. The third kappa shape index (κ3) is 4.80. The van der Waals surface area contributed by atoms with E-state index in [2.05, 4.69) is 10.3 Å². The molecule has 1 aliphatic rings. The van der Waals surface area contributed by atoms with Crippen LogP contribution in [0.4, 0.5) is 27.6 Å². The zero-order valence-electron chi connectivity index (χ0n) is 19.0. The van der Waals surface area contributed by atoms with Gasteiger partial charge in [-0.1, -0.05) is 31.2 Å². The van der Waals surface area contributed by atoms with Crippen molar-refractivity contribution in [2.24, 2.45) is 0 Å². The number of benzene rings is 2. The van der Waals surface area contributed by atoms with Crippen LogP contribution in [-0.4, -0.2) is 22.0 Å². The van der Waals surface area contributed by atoms with Crippen LogP contribution in [0.1, 0.15) is 53.4 Å². The average Bonchev–Trinajstić information content (AvgIpc) is 3.66. The molecule has 1 aromatic heterocycles. The van der Waals surface area contributed by atoms with Gasteiger partial charge >= 0.3 is 12.1 Å². The van der Waals surface area contributed by atoms with Gasteiger partial charge in [0.15, 0.2) is 0 Å². The lowest BCUT2D eigenvalue weighted by atomic mass is 9.93. The van der Waals surface area contributed by atoms with Gasteiger partial charge in [-0.15, -0.1) is 0 Å². The highest BCUT2D eigenvalue weighted by atomic mass is 19.4. The molecule has 36 heavy (non-hydrogen) atoms. The van der Waals surface area contributed by atoms with E-state index in [1.54, 1.807) is 0 Å².